The molecule has 0 aromatic rings. The lowest BCUT2D eigenvalue weighted by Crippen LogP contribution is -2.54. The SMILES string of the molecule is C1CC2C1C1CCC2C2CNCC12.Cl. The van der Waals surface area contributed by atoms with Crippen molar-refractivity contribution in [2.45, 2.75) is 25.7 Å². The van der Waals surface area contributed by atoms with Gasteiger partial charge >= 0.3 is 0 Å². The predicted molar refractivity (Wildman–Crippen MR) is 59.5 cm³/mol. The summed E-state index contributed by atoms with van der Waals surface area (Å²) >= 11 is 0. The summed E-state index contributed by atoms with van der Waals surface area (Å²) in [7, 11) is 0. The molecule has 14 heavy (non-hydrogen) atoms. The van der Waals surface area contributed by atoms with E-state index in [-0.39, 0.29) is 12.4 Å². The van der Waals surface area contributed by atoms with Gasteiger partial charge in [-0.15, -0.1) is 12.4 Å². The highest BCUT2D eigenvalue weighted by Gasteiger charge is 2.57. The monoisotopic (exact) mass is 213 g/mol. The van der Waals surface area contributed by atoms with Gasteiger partial charge in [0.15, 0.2) is 0 Å². The van der Waals surface area contributed by atoms with Crippen LogP contribution in [0.4, 0.5) is 0 Å². The van der Waals surface area contributed by atoms with Crippen molar-refractivity contribution in [3.8, 4) is 0 Å². The second-order valence-electron chi connectivity index (χ2n) is 5.80. The third-order valence-corrected chi connectivity index (χ3v) is 5.73. The van der Waals surface area contributed by atoms with Crippen LogP contribution in [-0.2, 0) is 0 Å². The Bertz CT molecular complexity index is 218. The Morgan fingerprint density at radius 3 is 1.36 bits per heavy atom. The Hall–Kier alpha value is 0.250. The Morgan fingerprint density at radius 2 is 0.929 bits per heavy atom. The smallest absolute Gasteiger partial charge is 0.00144 e. The van der Waals surface area contributed by atoms with E-state index in [0.29, 0.717) is 0 Å². The lowest BCUT2D eigenvalue weighted by atomic mass is 9.45. The minimum Gasteiger partial charge on any atom is -0.316 e. The van der Waals surface area contributed by atoms with Gasteiger partial charge in [-0.2, -0.15) is 0 Å². The predicted octanol–water partition coefficient (Wildman–Crippen LogP) is 2.31. The van der Waals surface area contributed by atoms with Crippen molar-refractivity contribution in [2.75, 3.05) is 13.1 Å². The molecular weight excluding hydrogens is 194 g/mol. The molecule has 1 heterocycles. The lowest BCUT2D eigenvalue weighted by molar-refractivity contribution is -0.108. The molecule has 1 nitrogen and oxygen atoms in total. The Morgan fingerprint density at radius 1 is 0.571 bits per heavy atom. The topological polar surface area (TPSA) is 12.0 Å². The molecule has 0 aromatic heterocycles. The minimum atomic E-state index is 0. The zero-order valence-electron chi connectivity index (χ0n) is 8.61. The van der Waals surface area contributed by atoms with Crippen LogP contribution in [0.3, 0.4) is 0 Å². The largest absolute Gasteiger partial charge is 0.316 e. The summed E-state index contributed by atoms with van der Waals surface area (Å²) in [5.41, 5.74) is 0. The molecule has 1 aliphatic heterocycles. The first-order chi connectivity index (χ1) is 6.45. The highest BCUT2D eigenvalue weighted by molar-refractivity contribution is 5.85. The fourth-order valence-corrected chi connectivity index (χ4v) is 5.15. The maximum atomic E-state index is 3.63. The molecule has 0 spiro atoms. The first-order valence-corrected chi connectivity index (χ1v) is 6.16. The van der Waals surface area contributed by atoms with E-state index in [0.717, 1.165) is 23.7 Å². The third-order valence-electron chi connectivity index (χ3n) is 5.73. The summed E-state index contributed by atoms with van der Waals surface area (Å²) in [6.07, 6.45) is 6.31. The van der Waals surface area contributed by atoms with Crippen LogP contribution in [0, 0.1) is 35.5 Å². The number of nitrogens with one attached hydrogen (secondary N) is 1. The summed E-state index contributed by atoms with van der Waals surface area (Å²) < 4.78 is 0. The third kappa shape index (κ3) is 0.957. The Labute approximate surface area is 92.4 Å². The standard InChI is InChI=1S/C12H19N.ClH/c1-2-8-7(1)9-3-4-10(8)12-6-13-5-11(9)12;/h7-13H,1-6H2;1H. The first kappa shape index (κ1) is 9.47. The van der Waals surface area contributed by atoms with Crippen molar-refractivity contribution in [2.24, 2.45) is 35.5 Å². The molecule has 5 aliphatic rings. The molecule has 0 aromatic carbocycles. The van der Waals surface area contributed by atoms with Gasteiger partial charge in [0.1, 0.15) is 0 Å². The van der Waals surface area contributed by atoms with E-state index in [1.54, 1.807) is 25.7 Å². The summed E-state index contributed by atoms with van der Waals surface area (Å²) in [5.74, 6) is 6.84. The second kappa shape index (κ2) is 3.12. The zero-order valence-corrected chi connectivity index (χ0v) is 9.43. The first-order valence-electron chi connectivity index (χ1n) is 6.16. The Kier molecular flexibility index (Phi) is 2.11. The minimum absolute atomic E-state index is 0. The molecule has 0 radical (unpaired) electrons. The van der Waals surface area contributed by atoms with Crippen molar-refractivity contribution in [3.63, 3.8) is 0 Å². The van der Waals surface area contributed by atoms with E-state index in [2.05, 4.69) is 5.32 Å². The van der Waals surface area contributed by atoms with Gasteiger partial charge in [0.25, 0.3) is 0 Å². The van der Waals surface area contributed by atoms with Crippen LogP contribution in [0.5, 0.6) is 0 Å². The molecule has 80 valence electrons. The maximum absolute atomic E-state index is 3.63. The van der Waals surface area contributed by atoms with Crippen molar-refractivity contribution in [1.29, 1.82) is 0 Å². The maximum Gasteiger partial charge on any atom is -0.00144 e. The van der Waals surface area contributed by atoms with Crippen LogP contribution in [0.1, 0.15) is 25.7 Å². The zero-order chi connectivity index (χ0) is 8.41. The number of halogens is 1. The molecular formula is C12H20ClN. The van der Waals surface area contributed by atoms with E-state index in [9.17, 15) is 0 Å². The highest BCUT2D eigenvalue weighted by atomic mass is 35.5. The van der Waals surface area contributed by atoms with Gasteiger partial charge in [0, 0.05) is 0 Å². The summed E-state index contributed by atoms with van der Waals surface area (Å²) in [6.45, 7) is 2.71. The summed E-state index contributed by atoms with van der Waals surface area (Å²) in [4.78, 5) is 0. The van der Waals surface area contributed by atoms with Gasteiger partial charge in [-0.05, 0) is 74.3 Å². The average Bonchev–Trinajstić information content (AvgIpc) is 2.53. The average molecular weight is 214 g/mol. The van der Waals surface area contributed by atoms with Gasteiger partial charge in [-0.3, -0.25) is 0 Å². The number of hydrogen-bond acceptors (Lipinski definition) is 1. The van der Waals surface area contributed by atoms with Crippen LogP contribution in [0.2, 0.25) is 0 Å². The van der Waals surface area contributed by atoms with Crippen molar-refractivity contribution in [1.82, 2.24) is 5.32 Å². The van der Waals surface area contributed by atoms with Gasteiger partial charge in [-0.1, -0.05) is 0 Å². The van der Waals surface area contributed by atoms with Crippen molar-refractivity contribution < 1.29 is 0 Å². The van der Waals surface area contributed by atoms with E-state index in [4.69, 9.17) is 0 Å². The molecule has 5 rings (SSSR count). The van der Waals surface area contributed by atoms with E-state index in [1.165, 1.54) is 24.9 Å². The van der Waals surface area contributed by atoms with Crippen molar-refractivity contribution >= 4 is 12.4 Å². The van der Waals surface area contributed by atoms with Crippen LogP contribution < -0.4 is 5.32 Å². The van der Waals surface area contributed by atoms with Crippen LogP contribution in [0.15, 0.2) is 0 Å². The molecule has 4 aliphatic carbocycles. The van der Waals surface area contributed by atoms with E-state index < -0.39 is 0 Å². The summed E-state index contributed by atoms with van der Waals surface area (Å²) in [5, 5.41) is 3.63. The molecule has 6 atom stereocenters. The van der Waals surface area contributed by atoms with Crippen LogP contribution in [0.25, 0.3) is 0 Å². The molecule has 2 bridgehead atoms. The molecule has 4 saturated carbocycles. The fraction of sp³-hybridized carbons (Fsp3) is 1.00. The molecule has 1 N–H and O–H groups in total. The number of rotatable bonds is 0. The lowest BCUT2D eigenvalue weighted by Gasteiger charge is -2.60. The quantitative estimate of drug-likeness (QED) is 0.651. The molecule has 6 unspecified atom stereocenters. The number of hydrogen-bond donors (Lipinski definition) is 1. The van der Waals surface area contributed by atoms with Crippen LogP contribution >= 0.6 is 12.4 Å². The van der Waals surface area contributed by atoms with Gasteiger partial charge in [-0.25, -0.2) is 0 Å². The molecule has 0 amide bonds. The molecule has 1 saturated heterocycles. The second-order valence-corrected chi connectivity index (χ2v) is 5.80. The van der Waals surface area contributed by atoms with Gasteiger partial charge < -0.3 is 5.32 Å². The van der Waals surface area contributed by atoms with E-state index >= 15 is 0 Å². The van der Waals surface area contributed by atoms with Gasteiger partial charge in [0.05, 0.1) is 0 Å². The van der Waals surface area contributed by atoms with Crippen LogP contribution in [-0.4, -0.2) is 13.1 Å². The highest BCUT2D eigenvalue weighted by Crippen LogP contribution is 2.62. The summed E-state index contributed by atoms with van der Waals surface area (Å²) in [6, 6.07) is 0. The molecule has 5 fully saturated rings. The normalized spacial score (nSPS) is 58.3. The van der Waals surface area contributed by atoms with E-state index in [1.807, 2.05) is 0 Å². The molecule has 2 heteroatoms. The Balaban J connectivity index is 0.000000640. The number of fused-ring (bicyclic) bond motifs is 1. The fourth-order valence-electron chi connectivity index (χ4n) is 5.15. The van der Waals surface area contributed by atoms with Crippen molar-refractivity contribution in [3.05, 3.63) is 0 Å². The van der Waals surface area contributed by atoms with Gasteiger partial charge in [0.2, 0.25) is 0 Å².